The van der Waals surface area contributed by atoms with Crippen LogP contribution in [-0.4, -0.2) is 27.6 Å². The van der Waals surface area contributed by atoms with Crippen LogP contribution in [0.4, 0.5) is 5.69 Å². The summed E-state index contributed by atoms with van der Waals surface area (Å²) < 4.78 is 6.39. The number of methoxy groups -OCH3 is 1. The molecule has 24 heavy (non-hydrogen) atoms. The summed E-state index contributed by atoms with van der Waals surface area (Å²) in [6, 6.07) is 6.80. The van der Waals surface area contributed by atoms with Crippen LogP contribution in [0.25, 0.3) is 4.96 Å². The third kappa shape index (κ3) is 3.00. The van der Waals surface area contributed by atoms with Crippen LogP contribution in [-0.2, 0) is 6.42 Å². The molecule has 0 unspecified atom stereocenters. The zero-order valence-electron chi connectivity index (χ0n) is 13.3. The number of rotatable bonds is 5. The molecule has 0 saturated carbocycles. The van der Waals surface area contributed by atoms with Crippen LogP contribution in [0.15, 0.2) is 35.3 Å². The number of amides is 1. The van der Waals surface area contributed by atoms with Crippen LogP contribution < -0.4 is 15.6 Å². The molecule has 0 aliphatic heterocycles. The highest BCUT2D eigenvalue weighted by Gasteiger charge is 2.15. The Morgan fingerprint density at radius 3 is 2.92 bits per heavy atom. The van der Waals surface area contributed by atoms with Gasteiger partial charge in [0, 0.05) is 6.42 Å². The fourth-order valence-electron chi connectivity index (χ4n) is 2.25. The quantitative estimate of drug-likeness (QED) is 0.768. The molecule has 0 spiro atoms. The maximum Gasteiger partial charge on any atom is 0.298 e. The first kappa shape index (κ1) is 16.1. The number of carbonyl (C=O) groups is 1. The van der Waals surface area contributed by atoms with Gasteiger partial charge in [-0.2, -0.15) is 9.61 Å². The largest absolute Gasteiger partial charge is 0.496 e. The van der Waals surface area contributed by atoms with E-state index < -0.39 is 11.5 Å². The van der Waals surface area contributed by atoms with E-state index in [1.54, 1.807) is 24.3 Å². The number of ether oxygens (including phenoxy) is 1. The number of benzene rings is 1. The fourth-order valence-corrected chi connectivity index (χ4v) is 3.20. The first-order valence-electron chi connectivity index (χ1n) is 7.46. The van der Waals surface area contributed by atoms with Gasteiger partial charge in [0.05, 0.1) is 18.9 Å². The van der Waals surface area contributed by atoms with Crippen LogP contribution in [0, 0.1) is 0 Å². The van der Waals surface area contributed by atoms with Crippen LogP contribution in [0.3, 0.4) is 0 Å². The number of carbonyl (C=O) groups excluding carboxylic acids is 1. The molecule has 1 amide bonds. The molecular weight excluding hydrogens is 328 g/mol. The highest BCUT2D eigenvalue weighted by Crippen LogP contribution is 2.19. The lowest BCUT2D eigenvalue weighted by atomic mass is 10.2. The van der Waals surface area contributed by atoms with Gasteiger partial charge in [-0.15, -0.1) is 0 Å². The van der Waals surface area contributed by atoms with Crippen molar-refractivity contribution < 1.29 is 9.53 Å². The molecule has 0 aliphatic carbocycles. The molecule has 7 nitrogen and oxygen atoms in total. The van der Waals surface area contributed by atoms with Gasteiger partial charge in [-0.25, -0.2) is 4.98 Å². The van der Waals surface area contributed by atoms with E-state index in [9.17, 15) is 9.59 Å². The second-order valence-corrected chi connectivity index (χ2v) is 6.11. The van der Waals surface area contributed by atoms with E-state index in [1.807, 2.05) is 6.92 Å². The Hall–Kier alpha value is -2.74. The minimum atomic E-state index is -0.435. The van der Waals surface area contributed by atoms with Crippen LogP contribution >= 0.6 is 11.3 Å². The number of para-hydroxylation sites is 1. The average molecular weight is 344 g/mol. The molecule has 3 rings (SSSR count). The van der Waals surface area contributed by atoms with Crippen LogP contribution in [0.5, 0.6) is 5.75 Å². The Morgan fingerprint density at radius 1 is 1.38 bits per heavy atom. The SMILES string of the molecule is CCCc1nn2c(=O)c(NC(=O)c3ccccc3OC)cnc2s1. The number of aromatic nitrogens is 3. The summed E-state index contributed by atoms with van der Waals surface area (Å²) in [6.45, 7) is 2.04. The van der Waals surface area contributed by atoms with E-state index in [0.29, 0.717) is 16.3 Å². The van der Waals surface area contributed by atoms with Gasteiger partial charge in [0.25, 0.3) is 11.5 Å². The van der Waals surface area contributed by atoms with Gasteiger partial charge in [0.2, 0.25) is 4.96 Å². The molecule has 0 bridgehead atoms. The Kier molecular flexibility index (Phi) is 4.57. The van der Waals surface area contributed by atoms with Crippen molar-refractivity contribution in [3.05, 3.63) is 51.4 Å². The average Bonchev–Trinajstić information content (AvgIpc) is 3.01. The van der Waals surface area contributed by atoms with Gasteiger partial charge in [0.15, 0.2) is 0 Å². The first-order valence-corrected chi connectivity index (χ1v) is 8.27. The molecule has 0 aliphatic rings. The van der Waals surface area contributed by atoms with Crippen molar-refractivity contribution in [1.82, 2.24) is 14.6 Å². The highest BCUT2D eigenvalue weighted by atomic mass is 32.1. The lowest BCUT2D eigenvalue weighted by molar-refractivity contribution is 0.102. The first-order chi connectivity index (χ1) is 11.6. The zero-order valence-corrected chi connectivity index (χ0v) is 14.1. The monoisotopic (exact) mass is 344 g/mol. The molecule has 3 aromatic rings. The van der Waals surface area contributed by atoms with Crippen molar-refractivity contribution in [2.24, 2.45) is 0 Å². The van der Waals surface area contributed by atoms with E-state index in [0.717, 1.165) is 17.8 Å². The summed E-state index contributed by atoms with van der Waals surface area (Å²) in [4.78, 5) is 29.6. The molecule has 0 atom stereocenters. The van der Waals surface area contributed by atoms with Gasteiger partial charge >= 0.3 is 0 Å². The third-order valence-corrected chi connectivity index (χ3v) is 4.37. The Labute approximate surface area is 141 Å². The third-order valence-electron chi connectivity index (χ3n) is 3.39. The number of anilines is 1. The molecular formula is C16H16N4O3S. The van der Waals surface area contributed by atoms with E-state index in [-0.39, 0.29) is 5.69 Å². The van der Waals surface area contributed by atoms with Gasteiger partial charge in [-0.3, -0.25) is 9.59 Å². The molecule has 2 aromatic heterocycles. The summed E-state index contributed by atoms with van der Waals surface area (Å²) in [5.74, 6) is -0.00154. The summed E-state index contributed by atoms with van der Waals surface area (Å²) in [6.07, 6.45) is 3.08. The number of nitrogens with zero attached hydrogens (tertiary/aromatic N) is 3. The Balaban J connectivity index is 1.94. The summed E-state index contributed by atoms with van der Waals surface area (Å²) >= 11 is 1.37. The predicted octanol–water partition coefficient (Wildman–Crippen LogP) is 2.36. The van der Waals surface area contributed by atoms with Crippen molar-refractivity contribution in [3.8, 4) is 5.75 Å². The summed E-state index contributed by atoms with van der Waals surface area (Å²) in [5.41, 5.74) is 0.0213. The van der Waals surface area contributed by atoms with Crippen molar-refractivity contribution >= 4 is 27.9 Å². The fraction of sp³-hybridized carbons (Fsp3) is 0.250. The second-order valence-electron chi connectivity index (χ2n) is 5.07. The van der Waals surface area contributed by atoms with E-state index in [1.165, 1.54) is 29.2 Å². The molecule has 124 valence electrons. The maximum absolute atomic E-state index is 12.5. The van der Waals surface area contributed by atoms with Crippen molar-refractivity contribution in [2.45, 2.75) is 19.8 Å². The normalized spacial score (nSPS) is 10.8. The van der Waals surface area contributed by atoms with Crippen molar-refractivity contribution in [2.75, 3.05) is 12.4 Å². The number of aryl methyl sites for hydroxylation is 1. The standard InChI is InChI=1S/C16H16N4O3S/c1-3-6-13-19-20-15(22)11(9-17-16(20)24-13)18-14(21)10-7-4-5-8-12(10)23-2/h4-5,7-9H,3,6H2,1-2H3,(H,18,21). The highest BCUT2D eigenvalue weighted by molar-refractivity contribution is 7.16. The van der Waals surface area contributed by atoms with Crippen LogP contribution in [0.2, 0.25) is 0 Å². The lowest BCUT2D eigenvalue weighted by Gasteiger charge is -2.08. The van der Waals surface area contributed by atoms with Gasteiger partial charge in [0.1, 0.15) is 16.4 Å². The number of fused-ring (bicyclic) bond motifs is 1. The van der Waals surface area contributed by atoms with E-state index >= 15 is 0 Å². The zero-order chi connectivity index (χ0) is 17.1. The lowest BCUT2D eigenvalue weighted by Crippen LogP contribution is -2.23. The molecule has 0 saturated heterocycles. The van der Waals surface area contributed by atoms with Gasteiger partial charge < -0.3 is 10.1 Å². The molecule has 1 N–H and O–H groups in total. The van der Waals surface area contributed by atoms with Crippen molar-refractivity contribution in [1.29, 1.82) is 0 Å². The minimum Gasteiger partial charge on any atom is -0.496 e. The van der Waals surface area contributed by atoms with E-state index in [4.69, 9.17) is 4.74 Å². The minimum absolute atomic E-state index is 0.0803. The molecule has 0 radical (unpaired) electrons. The van der Waals surface area contributed by atoms with Gasteiger partial charge in [-0.05, 0) is 18.6 Å². The molecule has 8 heteroatoms. The van der Waals surface area contributed by atoms with Gasteiger partial charge in [-0.1, -0.05) is 30.4 Å². The summed E-state index contributed by atoms with van der Waals surface area (Å²) in [5, 5.41) is 7.69. The van der Waals surface area contributed by atoms with Crippen LogP contribution in [0.1, 0.15) is 28.7 Å². The summed E-state index contributed by atoms with van der Waals surface area (Å²) in [7, 11) is 1.49. The number of hydrogen-bond donors (Lipinski definition) is 1. The second kappa shape index (κ2) is 6.79. The number of hydrogen-bond acceptors (Lipinski definition) is 6. The number of nitrogens with one attached hydrogen (secondary N) is 1. The molecule has 0 fully saturated rings. The molecule has 1 aromatic carbocycles. The Morgan fingerprint density at radius 2 is 2.17 bits per heavy atom. The van der Waals surface area contributed by atoms with Crippen molar-refractivity contribution in [3.63, 3.8) is 0 Å². The Bertz CT molecular complexity index is 948. The van der Waals surface area contributed by atoms with E-state index in [2.05, 4.69) is 15.4 Å². The maximum atomic E-state index is 12.5. The topological polar surface area (TPSA) is 85.6 Å². The predicted molar refractivity (Wildman–Crippen MR) is 92.1 cm³/mol. The smallest absolute Gasteiger partial charge is 0.298 e. The molecule has 2 heterocycles.